The Kier molecular flexibility index (Phi) is 6.25. The monoisotopic (exact) mass is 398 g/mol. The fourth-order valence-electron chi connectivity index (χ4n) is 3.54. The number of aryl methyl sites for hydroxylation is 1. The molecule has 0 bridgehead atoms. The van der Waals surface area contributed by atoms with Crippen LogP contribution in [-0.2, 0) is 14.3 Å². The maximum Gasteiger partial charge on any atom is 0.331 e. The van der Waals surface area contributed by atoms with Gasteiger partial charge in [-0.3, -0.25) is 4.79 Å². The van der Waals surface area contributed by atoms with Gasteiger partial charge in [-0.2, -0.15) is 5.10 Å². The highest BCUT2D eigenvalue weighted by molar-refractivity contribution is 5.89. The largest absolute Gasteiger partial charge is 0.452 e. The number of esters is 1. The average Bonchev–Trinajstić information content (AvgIpc) is 3.34. The molecule has 29 heavy (non-hydrogen) atoms. The van der Waals surface area contributed by atoms with E-state index in [9.17, 15) is 9.59 Å². The summed E-state index contributed by atoms with van der Waals surface area (Å²) in [5.41, 5.74) is 2.97. The maximum atomic E-state index is 12.0. The molecule has 1 saturated carbocycles. The van der Waals surface area contributed by atoms with Gasteiger partial charge in [-0.05, 0) is 71.1 Å². The summed E-state index contributed by atoms with van der Waals surface area (Å²) in [7, 11) is 0. The Hall–Kier alpha value is -2.83. The van der Waals surface area contributed by atoms with E-state index in [-0.39, 0.29) is 24.6 Å². The number of nitrogens with one attached hydrogen (secondary N) is 1. The Labute approximate surface area is 171 Å². The van der Waals surface area contributed by atoms with Gasteiger partial charge in [0.05, 0.1) is 6.20 Å². The smallest absolute Gasteiger partial charge is 0.331 e. The third-order valence-corrected chi connectivity index (χ3v) is 5.30. The van der Waals surface area contributed by atoms with E-state index in [2.05, 4.69) is 28.8 Å². The molecule has 1 atom stereocenters. The Balaban J connectivity index is 1.62. The number of nitrogens with zero attached hydrogens (tertiary/aromatic N) is 3. The number of hydrogen-bond donors (Lipinski definition) is 1. The van der Waals surface area contributed by atoms with Crippen LogP contribution in [0.1, 0.15) is 56.6 Å². The molecular formula is C22H30N4O3. The number of amides is 1. The second-order valence-corrected chi connectivity index (χ2v) is 8.02. The predicted octanol–water partition coefficient (Wildman–Crippen LogP) is 3.34. The SMILES string of the molecule is Cc1cc(/C=C/C(=O)OCC(=O)N[C@@H](C)C2CC2)c(C)n1-c1ccnn1C(C)C. The zero-order chi connectivity index (χ0) is 21.1. The van der Waals surface area contributed by atoms with Crippen LogP contribution in [0.15, 0.2) is 24.4 Å². The lowest BCUT2D eigenvalue weighted by molar-refractivity contribution is -0.144. The first kappa shape index (κ1) is 20.9. The molecule has 2 heterocycles. The molecule has 0 unspecified atom stereocenters. The highest BCUT2D eigenvalue weighted by atomic mass is 16.5. The van der Waals surface area contributed by atoms with E-state index in [0.717, 1.165) is 35.6 Å². The third-order valence-electron chi connectivity index (χ3n) is 5.30. The molecule has 2 aromatic heterocycles. The molecule has 0 saturated heterocycles. The first-order chi connectivity index (χ1) is 13.8. The van der Waals surface area contributed by atoms with E-state index in [1.807, 2.05) is 37.6 Å². The molecular weight excluding hydrogens is 368 g/mol. The van der Waals surface area contributed by atoms with E-state index >= 15 is 0 Å². The van der Waals surface area contributed by atoms with Gasteiger partial charge in [0.25, 0.3) is 5.91 Å². The zero-order valence-electron chi connectivity index (χ0n) is 17.8. The van der Waals surface area contributed by atoms with Crippen molar-refractivity contribution in [3.8, 4) is 5.82 Å². The fourth-order valence-corrected chi connectivity index (χ4v) is 3.54. The molecule has 0 spiro atoms. The highest BCUT2D eigenvalue weighted by Crippen LogP contribution is 2.32. The van der Waals surface area contributed by atoms with Gasteiger partial charge in [0.2, 0.25) is 0 Å². The van der Waals surface area contributed by atoms with Gasteiger partial charge in [-0.1, -0.05) is 0 Å². The van der Waals surface area contributed by atoms with E-state index in [0.29, 0.717) is 5.92 Å². The number of aromatic nitrogens is 3. The molecule has 1 N–H and O–H groups in total. The lowest BCUT2D eigenvalue weighted by Crippen LogP contribution is -2.36. The summed E-state index contributed by atoms with van der Waals surface area (Å²) in [6, 6.07) is 4.37. The zero-order valence-corrected chi connectivity index (χ0v) is 17.8. The summed E-state index contributed by atoms with van der Waals surface area (Å²) >= 11 is 0. The predicted molar refractivity (Wildman–Crippen MR) is 112 cm³/mol. The molecule has 2 aromatic rings. The fraction of sp³-hybridized carbons (Fsp3) is 0.500. The van der Waals surface area contributed by atoms with Crippen molar-refractivity contribution >= 4 is 18.0 Å². The van der Waals surface area contributed by atoms with Gasteiger partial charge >= 0.3 is 5.97 Å². The number of ether oxygens (including phenoxy) is 1. The molecule has 1 amide bonds. The molecule has 1 fully saturated rings. The summed E-state index contributed by atoms with van der Waals surface area (Å²) in [6.07, 6.45) is 7.18. The van der Waals surface area contributed by atoms with Crippen LogP contribution in [-0.4, -0.2) is 38.9 Å². The second-order valence-electron chi connectivity index (χ2n) is 8.02. The van der Waals surface area contributed by atoms with Crippen molar-refractivity contribution in [1.82, 2.24) is 19.7 Å². The molecule has 7 nitrogen and oxygen atoms in total. The minimum absolute atomic E-state index is 0.140. The van der Waals surface area contributed by atoms with Crippen molar-refractivity contribution in [2.45, 2.75) is 59.5 Å². The molecule has 3 rings (SSSR count). The van der Waals surface area contributed by atoms with Gasteiger partial charge in [0, 0.05) is 35.6 Å². The van der Waals surface area contributed by atoms with Crippen molar-refractivity contribution in [3.05, 3.63) is 41.4 Å². The average molecular weight is 399 g/mol. The summed E-state index contributed by atoms with van der Waals surface area (Å²) < 4.78 is 9.14. The molecule has 1 aliphatic rings. The molecule has 7 heteroatoms. The second kappa shape index (κ2) is 8.68. The van der Waals surface area contributed by atoms with Crippen LogP contribution in [0.4, 0.5) is 0 Å². The minimum atomic E-state index is -0.531. The Bertz CT molecular complexity index is 919. The van der Waals surface area contributed by atoms with Crippen molar-refractivity contribution in [3.63, 3.8) is 0 Å². The Morgan fingerprint density at radius 1 is 1.31 bits per heavy atom. The van der Waals surface area contributed by atoms with Crippen LogP contribution in [0.25, 0.3) is 11.9 Å². The van der Waals surface area contributed by atoms with Crippen molar-refractivity contribution in [2.75, 3.05) is 6.61 Å². The lowest BCUT2D eigenvalue weighted by atomic mass is 10.2. The van der Waals surface area contributed by atoms with Crippen molar-refractivity contribution in [2.24, 2.45) is 5.92 Å². The first-order valence-corrected chi connectivity index (χ1v) is 10.1. The normalized spacial score (nSPS) is 15.1. The number of carbonyl (C=O) groups excluding carboxylic acids is 2. The van der Waals surface area contributed by atoms with Gasteiger partial charge < -0.3 is 14.6 Å². The van der Waals surface area contributed by atoms with E-state index in [1.54, 1.807) is 12.3 Å². The number of carbonyl (C=O) groups is 2. The van der Waals surface area contributed by atoms with E-state index in [1.165, 1.54) is 6.08 Å². The van der Waals surface area contributed by atoms with Crippen LogP contribution < -0.4 is 5.32 Å². The van der Waals surface area contributed by atoms with Crippen LogP contribution in [0.5, 0.6) is 0 Å². The molecule has 0 radical (unpaired) electrons. The molecule has 0 aromatic carbocycles. The Morgan fingerprint density at radius 2 is 2.03 bits per heavy atom. The van der Waals surface area contributed by atoms with Crippen LogP contribution in [0.3, 0.4) is 0 Å². The highest BCUT2D eigenvalue weighted by Gasteiger charge is 2.28. The molecule has 156 valence electrons. The number of rotatable bonds is 8. The van der Waals surface area contributed by atoms with Gasteiger partial charge in [0.15, 0.2) is 6.61 Å². The van der Waals surface area contributed by atoms with Crippen LogP contribution in [0, 0.1) is 19.8 Å². The first-order valence-electron chi connectivity index (χ1n) is 10.1. The molecule has 0 aliphatic heterocycles. The standard InChI is InChI=1S/C22H30N4O3/c1-14(2)26-21(10-11-23-26)25-15(3)12-19(17(25)5)8-9-22(28)29-13-20(27)24-16(4)18-6-7-18/h8-12,14,16,18H,6-7,13H2,1-5H3,(H,24,27)/b9-8+/t16-/m0/s1. The number of hydrogen-bond acceptors (Lipinski definition) is 4. The van der Waals surface area contributed by atoms with Gasteiger partial charge in [0.1, 0.15) is 5.82 Å². The van der Waals surface area contributed by atoms with Gasteiger partial charge in [-0.15, -0.1) is 0 Å². The maximum absolute atomic E-state index is 12.0. The third kappa shape index (κ3) is 4.96. The van der Waals surface area contributed by atoms with Crippen LogP contribution >= 0.6 is 0 Å². The van der Waals surface area contributed by atoms with E-state index < -0.39 is 5.97 Å². The van der Waals surface area contributed by atoms with Crippen molar-refractivity contribution < 1.29 is 14.3 Å². The minimum Gasteiger partial charge on any atom is -0.452 e. The van der Waals surface area contributed by atoms with Gasteiger partial charge in [-0.25, -0.2) is 9.48 Å². The van der Waals surface area contributed by atoms with Crippen molar-refractivity contribution in [1.29, 1.82) is 0 Å². The topological polar surface area (TPSA) is 78.2 Å². The summed E-state index contributed by atoms with van der Waals surface area (Å²) in [5.74, 6) is 0.762. The summed E-state index contributed by atoms with van der Waals surface area (Å²) in [6.45, 7) is 9.92. The molecule has 1 aliphatic carbocycles. The summed E-state index contributed by atoms with van der Waals surface area (Å²) in [4.78, 5) is 23.9. The van der Waals surface area contributed by atoms with E-state index in [4.69, 9.17) is 4.74 Å². The van der Waals surface area contributed by atoms with Crippen LogP contribution in [0.2, 0.25) is 0 Å². The Morgan fingerprint density at radius 3 is 2.69 bits per heavy atom. The lowest BCUT2D eigenvalue weighted by Gasteiger charge is -2.15. The quantitative estimate of drug-likeness (QED) is 0.546. The summed E-state index contributed by atoms with van der Waals surface area (Å²) in [5, 5.41) is 7.27.